The lowest BCUT2D eigenvalue weighted by molar-refractivity contribution is -0.0434. The Kier molecular flexibility index (Phi) is 8.95. The van der Waals surface area contributed by atoms with E-state index in [9.17, 15) is 34.1 Å². The lowest BCUT2D eigenvalue weighted by Crippen LogP contribution is -2.37. The number of aromatic amines is 1. The predicted molar refractivity (Wildman–Crippen MR) is 159 cm³/mol. The second kappa shape index (κ2) is 12.9. The molecule has 0 aliphatic carbocycles. The van der Waals surface area contributed by atoms with Gasteiger partial charge in [0.15, 0.2) is 17.0 Å². The smallest absolute Gasteiger partial charge is 0.394 e. The highest BCUT2D eigenvalue weighted by Crippen LogP contribution is 2.43. The third-order valence-electron chi connectivity index (χ3n) is 7.76. The standard InChI is InChI=1S/C27H31N8O10P/c1-14-9-34(27(40)32-25(14)38)21-8-17(37)19(45-21)11-43-46(41,42)33-16-7-20(44-18(16)10-36)35-13-30-22-23(28-12-29-24(22)35)31-26(39)15-5-3-2-4-6-15/h2-6,9,12-13,16-21,36-37H,7-8,10-11H2,1H3,(H,32,38,40)(H2,33,41,42)(H,28,29,31,39)/t16-,17-,18+,19+,20+,21+/m0/s1. The number of hydrogen-bond donors (Lipinski definition) is 6. The maximum absolute atomic E-state index is 13.0. The summed E-state index contributed by atoms with van der Waals surface area (Å²) < 4.78 is 32.6. The van der Waals surface area contributed by atoms with Crippen molar-refractivity contribution < 1.29 is 38.5 Å². The van der Waals surface area contributed by atoms with Gasteiger partial charge >= 0.3 is 13.4 Å². The molecule has 0 spiro atoms. The molecule has 5 heterocycles. The molecular formula is C27H31N8O10P. The summed E-state index contributed by atoms with van der Waals surface area (Å²) in [5.74, 6) is -0.210. The molecule has 19 heteroatoms. The Morgan fingerprint density at radius 1 is 1.11 bits per heavy atom. The van der Waals surface area contributed by atoms with Gasteiger partial charge in [-0.1, -0.05) is 18.2 Å². The molecule has 6 rings (SSSR count). The average Bonchev–Trinajstić information content (AvgIpc) is 3.75. The Labute approximate surface area is 259 Å². The second-order valence-corrected chi connectivity index (χ2v) is 12.4. The van der Waals surface area contributed by atoms with Gasteiger partial charge in [0.1, 0.15) is 24.9 Å². The first-order valence-electron chi connectivity index (χ1n) is 14.2. The van der Waals surface area contributed by atoms with Crippen LogP contribution in [0.15, 0.2) is 58.8 Å². The number of aliphatic hydroxyl groups excluding tert-OH is 2. The first kappa shape index (κ1) is 31.8. The van der Waals surface area contributed by atoms with Gasteiger partial charge in [0, 0.05) is 30.2 Å². The van der Waals surface area contributed by atoms with Crippen LogP contribution < -0.4 is 21.7 Å². The summed E-state index contributed by atoms with van der Waals surface area (Å²) in [7, 11) is -4.54. The number of imidazole rings is 1. The molecule has 3 aromatic heterocycles. The van der Waals surface area contributed by atoms with Gasteiger partial charge in [-0.3, -0.25) is 28.2 Å². The number of hydrogen-bond acceptors (Lipinski definition) is 12. The van der Waals surface area contributed by atoms with E-state index in [0.29, 0.717) is 11.2 Å². The maximum atomic E-state index is 13.0. The number of benzene rings is 1. The Hall–Kier alpha value is -4.13. The van der Waals surface area contributed by atoms with Crippen molar-refractivity contribution in [2.75, 3.05) is 18.5 Å². The minimum absolute atomic E-state index is 0.0205. The van der Waals surface area contributed by atoms with Gasteiger partial charge in [-0.2, -0.15) is 0 Å². The third kappa shape index (κ3) is 6.55. The summed E-state index contributed by atoms with van der Waals surface area (Å²) in [6, 6.07) is 7.71. The van der Waals surface area contributed by atoms with E-state index in [-0.39, 0.29) is 35.6 Å². The van der Waals surface area contributed by atoms with Gasteiger partial charge in [-0.15, -0.1) is 0 Å². The number of aliphatic hydroxyl groups is 2. The van der Waals surface area contributed by atoms with Gasteiger partial charge in [0.2, 0.25) is 0 Å². The fourth-order valence-corrected chi connectivity index (χ4v) is 6.50. The predicted octanol–water partition coefficient (Wildman–Crippen LogP) is -0.0594. The summed E-state index contributed by atoms with van der Waals surface area (Å²) in [4.78, 5) is 62.1. The molecule has 2 aliphatic rings. The van der Waals surface area contributed by atoms with E-state index in [0.717, 1.165) is 4.57 Å². The number of fused-ring (bicyclic) bond motifs is 1. The van der Waals surface area contributed by atoms with Crippen molar-refractivity contribution in [3.05, 3.63) is 81.1 Å². The molecule has 1 unspecified atom stereocenters. The number of carbonyl (C=O) groups excluding carboxylic acids is 1. The van der Waals surface area contributed by atoms with Crippen LogP contribution in [0.25, 0.3) is 11.2 Å². The molecular weight excluding hydrogens is 627 g/mol. The zero-order chi connectivity index (χ0) is 32.6. The number of nitrogens with zero attached hydrogens (tertiary/aromatic N) is 5. The minimum Gasteiger partial charge on any atom is -0.394 e. The van der Waals surface area contributed by atoms with Crippen LogP contribution >= 0.6 is 7.75 Å². The molecule has 2 saturated heterocycles. The number of carbonyl (C=O) groups is 1. The van der Waals surface area contributed by atoms with E-state index in [1.165, 1.54) is 25.8 Å². The highest BCUT2D eigenvalue weighted by atomic mass is 31.2. The number of rotatable bonds is 10. The molecule has 6 N–H and O–H groups in total. The zero-order valence-electron chi connectivity index (χ0n) is 24.3. The van der Waals surface area contributed by atoms with Gasteiger partial charge in [0.05, 0.1) is 37.8 Å². The van der Waals surface area contributed by atoms with Crippen LogP contribution in [0, 0.1) is 6.92 Å². The number of aryl methyl sites for hydroxylation is 1. The number of aromatic nitrogens is 6. The normalized spacial score (nSPS) is 25.9. The molecule has 0 saturated carbocycles. The lowest BCUT2D eigenvalue weighted by Gasteiger charge is -2.23. The summed E-state index contributed by atoms with van der Waals surface area (Å²) >= 11 is 0. The third-order valence-corrected chi connectivity index (χ3v) is 8.91. The zero-order valence-corrected chi connectivity index (χ0v) is 25.2. The Morgan fingerprint density at radius 2 is 1.85 bits per heavy atom. The maximum Gasteiger partial charge on any atom is 0.403 e. The molecule has 46 heavy (non-hydrogen) atoms. The molecule has 2 fully saturated rings. The summed E-state index contributed by atoms with van der Waals surface area (Å²) in [6.07, 6.45) is -0.737. The number of amides is 1. The van der Waals surface area contributed by atoms with Crippen molar-refractivity contribution in [2.24, 2.45) is 0 Å². The average molecular weight is 659 g/mol. The quantitative estimate of drug-likeness (QED) is 0.122. The molecule has 0 radical (unpaired) electrons. The van der Waals surface area contributed by atoms with Crippen molar-refractivity contribution in [3.8, 4) is 0 Å². The van der Waals surface area contributed by atoms with E-state index >= 15 is 0 Å². The SMILES string of the molecule is Cc1cn([C@H]2C[C@H](O)[C@@H](COP(=O)(O)N[C@H]3C[C@H](n4cnc5c(NC(=O)c6ccccc6)ncnc54)O[C@@H]3CO)O2)c(=O)[nH]c1=O. The van der Waals surface area contributed by atoms with Gasteiger partial charge in [-0.05, 0) is 19.1 Å². The fraction of sp³-hybridized carbons (Fsp3) is 0.407. The van der Waals surface area contributed by atoms with Crippen molar-refractivity contribution >= 4 is 30.6 Å². The highest BCUT2D eigenvalue weighted by Gasteiger charge is 2.42. The van der Waals surface area contributed by atoms with Crippen molar-refractivity contribution in [3.63, 3.8) is 0 Å². The molecule has 1 amide bonds. The Morgan fingerprint density at radius 3 is 2.61 bits per heavy atom. The Bertz CT molecular complexity index is 1900. The molecule has 1 aromatic carbocycles. The van der Waals surface area contributed by atoms with Crippen LogP contribution in [-0.4, -0.2) is 87.7 Å². The number of H-pyrrole nitrogens is 1. The van der Waals surface area contributed by atoms with Crippen LogP contribution in [0.2, 0.25) is 0 Å². The van der Waals surface area contributed by atoms with Crippen molar-refractivity contribution in [1.29, 1.82) is 0 Å². The highest BCUT2D eigenvalue weighted by molar-refractivity contribution is 7.50. The van der Waals surface area contributed by atoms with E-state index in [2.05, 4.69) is 30.3 Å². The Balaban J connectivity index is 1.10. The molecule has 7 atom stereocenters. The van der Waals surface area contributed by atoms with E-state index in [1.54, 1.807) is 34.9 Å². The van der Waals surface area contributed by atoms with Gasteiger partial charge < -0.3 is 29.9 Å². The van der Waals surface area contributed by atoms with Gasteiger partial charge in [-0.25, -0.2) is 29.4 Å². The van der Waals surface area contributed by atoms with Crippen molar-refractivity contribution in [2.45, 2.75) is 56.6 Å². The first-order valence-corrected chi connectivity index (χ1v) is 15.8. The molecule has 2 aliphatic heterocycles. The molecule has 18 nitrogen and oxygen atoms in total. The number of ether oxygens (including phenoxy) is 2. The topological polar surface area (TPSA) is 245 Å². The summed E-state index contributed by atoms with van der Waals surface area (Å²) in [6.45, 7) is 0.517. The van der Waals surface area contributed by atoms with Crippen LogP contribution in [0.1, 0.15) is 41.2 Å². The van der Waals surface area contributed by atoms with Gasteiger partial charge in [0.25, 0.3) is 11.5 Å². The molecule has 4 aromatic rings. The number of nitrogens with one attached hydrogen (secondary N) is 3. The largest absolute Gasteiger partial charge is 0.403 e. The fourth-order valence-electron chi connectivity index (χ4n) is 5.39. The van der Waals surface area contributed by atoms with E-state index in [4.69, 9.17) is 14.0 Å². The lowest BCUT2D eigenvalue weighted by atomic mass is 10.1. The first-order chi connectivity index (χ1) is 22.0. The molecule has 0 bridgehead atoms. The monoisotopic (exact) mass is 658 g/mol. The van der Waals surface area contributed by atoms with Crippen LogP contribution in [0.4, 0.5) is 5.82 Å². The van der Waals surface area contributed by atoms with Crippen molar-refractivity contribution in [1.82, 2.24) is 34.2 Å². The minimum atomic E-state index is -4.54. The van der Waals surface area contributed by atoms with E-state index in [1.807, 2.05) is 0 Å². The van der Waals surface area contributed by atoms with Crippen LogP contribution in [0.3, 0.4) is 0 Å². The molecule has 244 valence electrons. The van der Waals surface area contributed by atoms with Crippen LogP contribution in [-0.2, 0) is 18.6 Å². The second-order valence-electron chi connectivity index (χ2n) is 10.9. The van der Waals surface area contributed by atoms with Crippen LogP contribution in [0.5, 0.6) is 0 Å². The summed E-state index contributed by atoms with van der Waals surface area (Å²) in [5.41, 5.74) is 0.0385. The number of anilines is 1. The van der Waals surface area contributed by atoms with E-state index < -0.39 is 69.0 Å². The summed E-state index contributed by atoms with van der Waals surface area (Å²) in [5, 5.41) is 25.7.